The molecule has 0 radical (unpaired) electrons. The van der Waals surface area contributed by atoms with Gasteiger partial charge in [0.2, 0.25) is 11.6 Å². The van der Waals surface area contributed by atoms with Gasteiger partial charge in [-0.3, -0.25) is 4.79 Å². The number of hydrogen-bond acceptors (Lipinski definition) is 4. The van der Waals surface area contributed by atoms with Crippen molar-refractivity contribution in [2.24, 2.45) is 46.3 Å². The molecule has 2 aliphatic heterocycles. The van der Waals surface area contributed by atoms with Gasteiger partial charge in [-0.2, -0.15) is 4.58 Å². The maximum absolute atomic E-state index is 13.2. The highest BCUT2D eigenvalue weighted by Gasteiger charge is 2.63. The zero-order valence-electron chi connectivity index (χ0n) is 38.2. The van der Waals surface area contributed by atoms with E-state index in [1.165, 1.54) is 59.6 Å². The van der Waals surface area contributed by atoms with Crippen molar-refractivity contribution in [3.63, 3.8) is 0 Å². The quantitative estimate of drug-likeness (QED) is 0.113. The number of anilines is 1. The van der Waals surface area contributed by atoms with Crippen molar-refractivity contribution < 1.29 is 19.6 Å². The minimum atomic E-state index is -0.239. The van der Waals surface area contributed by atoms with E-state index in [4.69, 9.17) is 0 Å². The second kappa shape index (κ2) is 16.7. The highest BCUT2D eigenvalue weighted by Crippen LogP contribution is 2.68. The molecular weight excluding hydrogens is 739 g/mol. The van der Waals surface area contributed by atoms with Crippen LogP contribution < -0.4 is 10.2 Å². The summed E-state index contributed by atoms with van der Waals surface area (Å²) in [7, 11) is 2.17. The summed E-state index contributed by atoms with van der Waals surface area (Å²) in [6, 6.07) is 17.5. The predicted molar refractivity (Wildman–Crippen MR) is 247 cm³/mol. The van der Waals surface area contributed by atoms with Gasteiger partial charge in [-0.05, 0) is 149 Å². The molecular formula is C54H76N3O3+. The number of carbonyl (C=O) groups excluding carboxylic acids is 1. The first kappa shape index (κ1) is 43.2. The molecule has 324 valence electrons. The molecule has 60 heavy (non-hydrogen) atoms. The zero-order chi connectivity index (χ0) is 42.6. The van der Waals surface area contributed by atoms with E-state index in [0.29, 0.717) is 48.5 Å². The van der Waals surface area contributed by atoms with Crippen molar-refractivity contribution in [1.82, 2.24) is 5.32 Å². The van der Waals surface area contributed by atoms with E-state index >= 15 is 0 Å². The van der Waals surface area contributed by atoms with Crippen LogP contribution in [0.3, 0.4) is 0 Å². The van der Waals surface area contributed by atoms with Crippen LogP contribution in [0.4, 0.5) is 11.4 Å². The Hall–Kier alpha value is -3.48. The van der Waals surface area contributed by atoms with E-state index in [1.54, 1.807) is 0 Å². The second-order valence-corrected chi connectivity index (χ2v) is 21.7. The normalized spacial score (nSPS) is 35.1. The monoisotopic (exact) mass is 815 g/mol. The average Bonchev–Trinajstić information content (AvgIpc) is 3.75. The standard InChI is InChI=1S/C54H75N3O3/c1-36(39-25-26-42-50-43(29-31-54(39,42)7)53(6)30-28-38(58)34-37(53)35-46(50)59)24-27-49(60)55-32-16-17-33-57-45-21-15-13-19-41(45)52(4,5)48(57)23-11-9-10-22-47-51(2,3)40-18-12-14-20-44(40)56(47)8/h9-15,18-23,36-39,42-43,46,50,58-59H,16-17,24-35H2,1-8H3/p+1/t36-,37?,38-,39-,42+,43+,46-,50+,53+,54-/m1/s1. The Bertz CT molecular complexity index is 2040. The number of para-hydroxylation sites is 2. The molecule has 2 aromatic carbocycles. The number of nitrogens with one attached hydrogen (secondary N) is 1. The van der Waals surface area contributed by atoms with E-state index < -0.39 is 0 Å². The van der Waals surface area contributed by atoms with Crippen LogP contribution in [0.15, 0.2) is 84.6 Å². The minimum Gasteiger partial charge on any atom is -0.393 e. The maximum Gasteiger partial charge on any atom is 0.220 e. The first-order chi connectivity index (χ1) is 28.6. The number of benzene rings is 2. The number of aliphatic hydroxyl groups excluding tert-OH is 2. The van der Waals surface area contributed by atoms with Crippen molar-refractivity contribution in [2.75, 3.05) is 25.0 Å². The molecule has 0 aromatic heterocycles. The summed E-state index contributed by atoms with van der Waals surface area (Å²) >= 11 is 0. The molecule has 6 aliphatic rings. The summed E-state index contributed by atoms with van der Waals surface area (Å²) in [5.74, 6) is 3.28. The number of hydrogen-bond donors (Lipinski definition) is 3. The molecule has 6 heteroatoms. The lowest BCUT2D eigenvalue weighted by Crippen LogP contribution is -2.58. The van der Waals surface area contributed by atoms with Crippen LogP contribution in [0.25, 0.3) is 0 Å². The van der Waals surface area contributed by atoms with E-state index in [0.717, 1.165) is 51.5 Å². The molecule has 3 N–H and O–H groups in total. The second-order valence-electron chi connectivity index (χ2n) is 21.7. The van der Waals surface area contributed by atoms with Crippen molar-refractivity contribution in [3.8, 4) is 0 Å². The number of nitrogens with zero attached hydrogens (tertiary/aromatic N) is 2. The van der Waals surface area contributed by atoms with Crippen LogP contribution >= 0.6 is 0 Å². The molecule has 4 saturated carbocycles. The van der Waals surface area contributed by atoms with Crippen LogP contribution in [0.5, 0.6) is 0 Å². The molecule has 8 rings (SSSR count). The molecule has 4 aliphatic carbocycles. The van der Waals surface area contributed by atoms with Crippen LogP contribution in [0, 0.1) is 46.3 Å². The molecule has 6 nitrogen and oxygen atoms in total. The Morgan fingerprint density at radius 2 is 1.57 bits per heavy atom. The summed E-state index contributed by atoms with van der Waals surface area (Å²) in [5.41, 5.74) is 8.28. The molecule has 0 saturated heterocycles. The lowest BCUT2D eigenvalue weighted by atomic mass is 9.43. The molecule has 0 spiro atoms. The van der Waals surface area contributed by atoms with Crippen LogP contribution in [-0.4, -0.2) is 58.8 Å². The number of rotatable bonds is 12. The van der Waals surface area contributed by atoms with Gasteiger partial charge in [0.25, 0.3) is 0 Å². The average molecular weight is 815 g/mol. The Balaban J connectivity index is 0.822. The lowest BCUT2D eigenvalue weighted by Gasteiger charge is -2.62. The van der Waals surface area contributed by atoms with Gasteiger partial charge in [0.05, 0.1) is 17.6 Å². The van der Waals surface area contributed by atoms with Gasteiger partial charge in [-0.25, -0.2) is 0 Å². The number of carbonyl (C=O) groups is 1. The zero-order valence-corrected chi connectivity index (χ0v) is 38.2. The first-order valence-corrected chi connectivity index (χ1v) is 23.8. The molecule has 0 bridgehead atoms. The van der Waals surface area contributed by atoms with Crippen molar-refractivity contribution >= 4 is 23.0 Å². The van der Waals surface area contributed by atoms with Gasteiger partial charge >= 0.3 is 0 Å². The number of aliphatic hydroxyl groups is 2. The number of fused-ring (bicyclic) bond motifs is 7. The SMILES string of the molecule is C[C@H](CCC(=O)NCCCCN1/C(=C/C=C/C=C/C2=[N+](C)c3ccccc3C2(C)C)C(C)(C)c2ccccc21)[C@H]1CC[C@H]2[C@@H]3[C@H](O)CC4C[C@H](O)CC[C@]4(C)[C@H]3CC[C@]12C. The highest BCUT2D eigenvalue weighted by atomic mass is 16.3. The van der Waals surface area contributed by atoms with Gasteiger partial charge in [-0.15, -0.1) is 0 Å². The Labute approximate surface area is 362 Å². The summed E-state index contributed by atoms with van der Waals surface area (Å²) in [6.45, 7) is 18.3. The van der Waals surface area contributed by atoms with Crippen LogP contribution in [-0.2, 0) is 15.6 Å². The van der Waals surface area contributed by atoms with Gasteiger partial charge in [-0.1, -0.05) is 89.2 Å². The molecule has 2 aromatic rings. The van der Waals surface area contributed by atoms with Gasteiger partial charge in [0, 0.05) is 54.0 Å². The Kier molecular flexibility index (Phi) is 12.0. The fraction of sp³-hybridized carbons (Fsp3) is 0.630. The van der Waals surface area contributed by atoms with E-state index in [9.17, 15) is 15.0 Å². The summed E-state index contributed by atoms with van der Waals surface area (Å²) in [4.78, 5) is 15.7. The van der Waals surface area contributed by atoms with Crippen LogP contribution in [0.1, 0.15) is 137 Å². The van der Waals surface area contributed by atoms with Gasteiger partial charge in [0.15, 0.2) is 5.71 Å². The Morgan fingerprint density at radius 1 is 0.850 bits per heavy atom. The van der Waals surface area contributed by atoms with Crippen molar-refractivity contribution in [1.29, 1.82) is 0 Å². The third kappa shape index (κ3) is 7.48. The van der Waals surface area contributed by atoms with Gasteiger partial charge < -0.3 is 20.4 Å². The summed E-state index contributed by atoms with van der Waals surface area (Å²) in [6.07, 6.45) is 22.8. The fourth-order valence-electron chi connectivity index (χ4n) is 14.5. The fourth-order valence-corrected chi connectivity index (χ4v) is 14.5. The lowest BCUT2D eigenvalue weighted by molar-refractivity contribution is -0.401. The first-order valence-electron chi connectivity index (χ1n) is 23.8. The third-order valence-corrected chi connectivity index (χ3v) is 17.8. The van der Waals surface area contributed by atoms with Gasteiger partial charge in [0.1, 0.15) is 7.05 Å². The molecule has 1 amide bonds. The number of amides is 1. The highest BCUT2D eigenvalue weighted by molar-refractivity contribution is 6.03. The molecule has 1 unspecified atom stereocenters. The van der Waals surface area contributed by atoms with E-state index in [1.807, 2.05) is 0 Å². The molecule has 10 atom stereocenters. The topological polar surface area (TPSA) is 75.8 Å². The molecule has 4 fully saturated rings. The number of unbranched alkanes of at least 4 members (excludes halogenated alkanes) is 1. The van der Waals surface area contributed by atoms with Crippen molar-refractivity contribution in [2.45, 2.75) is 149 Å². The molecule has 2 heterocycles. The summed E-state index contributed by atoms with van der Waals surface area (Å²) < 4.78 is 2.32. The predicted octanol–water partition coefficient (Wildman–Crippen LogP) is 10.8. The third-order valence-electron chi connectivity index (χ3n) is 17.8. The minimum absolute atomic E-state index is 0.0400. The maximum atomic E-state index is 13.2. The largest absolute Gasteiger partial charge is 0.393 e. The van der Waals surface area contributed by atoms with E-state index in [-0.39, 0.29) is 39.8 Å². The smallest absolute Gasteiger partial charge is 0.220 e. The van der Waals surface area contributed by atoms with Crippen molar-refractivity contribution in [3.05, 3.63) is 95.7 Å². The number of allylic oxidation sites excluding steroid dienone is 6. The summed E-state index contributed by atoms with van der Waals surface area (Å²) in [5, 5.41) is 25.4. The van der Waals surface area contributed by atoms with E-state index in [2.05, 4.69) is 149 Å². The Morgan fingerprint density at radius 3 is 2.35 bits per heavy atom. The van der Waals surface area contributed by atoms with Crippen LogP contribution in [0.2, 0.25) is 0 Å².